The number of benzene rings is 2. The van der Waals surface area contributed by atoms with E-state index in [4.69, 9.17) is 27.9 Å². The fourth-order valence-electron chi connectivity index (χ4n) is 1.16. The third-order valence-electron chi connectivity index (χ3n) is 1.87. The summed E-state index contributed by atoms with van der Waals surface area (Å²) in [5, 5.41) is 0.867. The minimum absolute atomic E-state index is 0.401. The molecule has 0 aromatic heterocycles. The highest BCUT2D eigenvalue weighted by Crippen LogP contribution is 2.34. The monoisotopic (exact) mass is 315 g/mol. The van der Waals surface area contributed by atoms with Gasteiger partial charge in [0.25, 0.3) is 0 Å². The molecule has 0 aliphatic heterocycles. The van der Waals surface area contributed by atoms with Gasteiger partial charge in [0.1, 0.15) is 16.5 Å². The molecule has 0 unspecified atom stereocenters. The molecule has 0 spiro atoms. The first-order valence-electron chi connectivity index (χ1n) is 4.46. The van der Waals surface area contributed by atoms with E-state index in [2.05, 4.69) is 22.0 Å². The van der Waals surface area contributed by atoms with Crippen molar-refractivity contribution in [2.24, 2.45) is 0 Å². The van der Waals surface area contributed by atoms with E-state index in [0.29, 0.717) is 21.5 Å². The zero-order valence-electron chi connectivity index (χ0n) is 8.01. The molecule has 0 saturated carbocycles. The molecule has 0 atom stereocenters. The van der Waals surface area contributed by atoms with Crippen molar-refractivity contribution in [3.63, 3.8) is 0 Å². The van der Waals surface area contributed by atoms with Crippen LogP contribution in [0.15, 0.2) is 40.9 Å². The van der Waals surface area contributed by atoms with Gasteiger partial charge in [-0.2, -0.15) is 0 Å². The standard InChI is InChI=1S/C12H6BrCl2O/c13-8-3-1-4-9(7-8)16-11-6-2-5-10(14)12(11)15/h1-3,5-7H. The number of hydrogen-bond acceptors (Lipinski definition) is 1. The van der Waals surface area contributed by atoms with Crippen LogP contribution in [0.1, 0.15) is 0 Å². The van der Waals surface area contributed by atoms with Crippen LogP contribution in [0, 0.1) is 6.07 Å². The van der Waals surface area contributed by atoms with E-state index in [-0.39, 0.29) is 0 Å². The summed E-state index contributed by atoms with van der Waals surface area (Å²) in [7, 11) is 0. The van der Waals surface area contributed by atoms with E-state index in [1.54, 1.807) is 30.3 Å². The molecule has 2 aromatic rings. The van der Waals surface area contributed by atoms with Crippen molar-refractivity contribution in [3.8, 4) is 11.5 Å². The Balaban J connectivity index is 2.31. The van der Waals surface area contributed by atoms with Gasteiger partial charge in [0, 0.05) is 10.5 Å². The van der Waals surface area contributed by atoms with Crippen LogP contribution in [-0.2, 0) is 0 Å². The summed E-state index contributed by atoms with van der Waals surface area (Å²) >= 11 is 15.2. The van der Waals surface area contributed by atoms with E-state index in [9.17, 15) is 0 Å². The first-order chi connectivity index (χ1) is 7.66. The number of halogens is 3. The van der Waals surface area contributed by atoms with E-state index in [0.717, 1.165) is 4.47 Å². The van der Waals surface area contributed by atoms with Crippen LogP contribution < -0.4 is 4.74 Å². The van der Waals surface area contributed by atoms with Crippen molar-refractivity contribution in [2.75, 3.05) is 0 Å². The van der Waals surface area contributed by atoms with Gasteiger partial charge < -0.3 is 4.74 Å². The molecule has 0 amide bonds. The molecule has 2 rings (SSSR count). The van der Waals surface area contributed by atoms with Gasteiger partial charge in [-0.15, -0.1) is 0 Å². The number of ether oxygens (including phenoxy) is 1. The van der Waals surface area contributed by atoms with Crippen LogP contribution >= 0.6 is 39.1 Å². The SMILES string of the molecule is Clc1cccc(Oc2[c]ccc(Br)c2)c1Cl. The Kier molecular flexibility index (Phi) is 3.74. The van der Waals surface area contributed by atoms with Gasteiger partial charge in [-0.1, -0.05) is 45.2 Å². The normalized spacial score (nSPS) is 10.2. The minimum Gasteiger partial charge on any atom is -0.455 e. The molecule has 1 radical (unpaired) electrons. The third-order valence-corrected chi connectivity index (χ3v) is 3.17. The second-order valence-electron chi connectivity index (χ2n) is 3.03. The highest BCUT2D eigenvalue weighted by molar-refractivity contribution is 9.10. The number of hydrogen-bond donors (Lipinski definition) is 0. The Morgan fingerprint density at radius 2 is 2.00 bits per heavy atom. The molecule has 0 fully saturated rings. The topological polar surface area (TPSA) is 9.23 Å². The fourth-order valence-corrected chi connectivity index (χ4v) is 1.83. The second kappa shape index (κ2) is 5.09. The lowest BCUT2D eigenvalue weighted by Crippen LogP contribution is -1.85. The molecule has 0 bridgehead atoms. The first kappa shape index (κ1) is 11.8. The van der Waals surface area contributed by atoms with Crippen molar-refractivity contribution < 1.29 is 4.74 Å². The van der Waals surface area contributed by atoms with Gasteiger partial charge in [-0.25, -0.2) is 0 Å². The molecule has 0 saturated heterocycles. The van der Waals surface area contributed by atoms with Gasteiger partial charge in [-0.3, -0.25) is 0 Å². The van der Waals surface area contributed by atoms with Crippen molar-refractivity contribution in [2.45, 2.75) is 0 Å². The molecule has 4 heteroatoms. The quantitative estimate of drug-likeness (QED) is 0.725. The Morgan fingerprint density at radius 1 is 1.19 bits per heavy atom. The van der Waals surface area contributed by atoms with Crippen molar-refractivity contribution in [1.82, 2.24) is 0 Å². The third kappa shape index (κ3) is 2.70. The van der Waals surface area contributed by atoms with E-state index >= 15 is 0 Å². The average molecular weight is 317 g/mol. The molecule has 81 valence electrons. The maximum atomic E-state index is 6.00. The number of rotatable bonds is 2. The summed E-state index contributed by atoms with van der Waals surface area (Å²) in [5.41, 5.74) is 0. The zero-order valence-corrected chi connectivity index (χ0v) is 11.1. The van der Waals surface area contributed by atoms with Gasteiger partial charge in [0.2, 0.25) is 0 Å². The maximum Gasteiger partial charge on any atom is 0.147 e. The Hall–Kier alpha value is -0.700. The lowest BCUT2D eigenvalue weighted by atomic mass is 10.3. The molecule has 16 heavy (non-hydrogen) atoms. The summed E-state index contributed by atoms with van der Waals surface area (Å²) in [6.45, 7) is 0. The predicted molar refractivity (Wildman–Crippen MR) is 69.5 cm³/mol. The lowest BCUT2D eigenvalue weighted by molar-refractivity contribution is 0.481. The average Bonchev–Trinajstić information content (AvgIpc) is 2.25. The Bertz CT molecular complexity index is 514. The highest BCUT2D eigenvalue weighted by atomic mass is 79.9. The molecule has 0 heterocycles. The molecule has 0 N–H and O–H groups in total. The van der Waals surface area contributed by atoms with Crippen molar-refractivity contribution >= 4 is 39.1 Å². The Labute approximate surface area is 112 Å². The van der Waals surface area contributed by atoms with E-state index < -0.39 is 0 Å². The van der Waals surface area contributed by atoms with E-state index in [1.807, 2.05) is 6.07 Å². The summed E-state index contributed by atoms with van der Waals surface area (Å²) < 4.78 is 6.48. The van der Waals surface area contributed by atoms with Crippen molar-refractivity contribution in [3.05, 3.63) is 57.0 Å². The zero-order chi connectivity index (χ0) is 11.5. The summed E-state index contributed by atoms with van der Waals surface area (Å²) in [6.07, 6.45) is 0. The summed E-state index contributed by atoms with van der Waals surface area (Å²) in [4.78, 5) is 0. The van der Waals surface area contributed by atoms with Crippen LogP contribution in [0.5, 0.6) is 11.5 Å². The fraction of sp³-hybridized carbons (Fsp3) is 0. The van der Waals surface area contributed by atoms with Crippen LogP contribution in [0.2, 0.25) is 10.0 Å². The summed E-state index contributed by atoms with van der Waals surface area (Å²) in [5.74, 6) is 1.10. The van der Waals surface area contributed by atoms with Gasteiger partial charge in [0.05, 0.1) is 5.02 Å². The van der Waals surface area contributed by atoms with Crippen LogP contribution in [0.3, 0.4) is 0 Å². The molecule has 0 aliphatic rings. The largest absolute Gasteiger partial charge is 0.455 e. The van der Waals surface area contributed by atoms with Crippen LogP contribution in [0.25, 0.3) is 0 Å². The molecule has 2 aromatic carbocycles. The highest BCUT2D eigenvalue weighted by Gasteiger charge is 2.06. The van der Waals surface area contributed by atoms with Gasteiger partial charge in [0.15, 0.2) is 0 Å². The van der Waals surface area contributed by atoms with Crippen LogP contribution in [0.4, 0.5) is 0 Å². The first-order valence-corrected chi connectivity index (χ1v) is 6.01. The lowest BCUT2D eigenvalue weighted by Gasteiger charge is -2.08. The van der Waals surface area contributed by atoms with Gasteiger partial charge in [-0.05, 0) is 30.3 Å². The molecular weight excluding hydrogens is 311 g/mol. The molecule has 1 nitrogen and oxygen atoms in total. The van der Waals surface area contributed by atoms with Gasteiger partial charge >= 0.3 is 0 Å². The maximum absolute atomic E-state index is 6.00. The molecule has 0 aliphatic carbocycles. The minimum atomic E-state index is 0.401. The second-order valence-corrected chi connectivity index (χ2v) is 4.73. The Morgan fingerprint density at radius 3 is 2.75 bits per heavy atom. The smallest absolute Gasteiger partial charge is 0.147 e. The van der Waals surface area contributed by atoms with Crippen molar-refractivity contribution in [1.29, 1.82) is 0 Å². The van der Waals surface area contributed by atoms with E-state index in [1.165, 1.54) is 0 Å². The van der Waals surface area contributed by atoms with Crippen LogP contribution in [-0.4, -0.2) is 0 Å². The molecular formula is C12H6BrCl2O. The predicted octanol–water partition coefficient (Wildman–Crippen LogP) is 5.35. The summed E-state index contributed by atoms with van der Waals surface area (Å²) in [6, 6.07) is 13.6.